The maximum Gasteiger partial charge on any atom is 0.151 e. The zero-order chi connectivity index (χ0) is 15.2. The van der Waals surface area contributed by atoms with Crippen molar-refractivity contribution < 1.29 is 0 Å². The summed E-state index contributed by atoms with van der Waals surface area (Å²) in [7, 11) is 0. The molecule has 2 rings (SSSR count). The molecule has 3 nitrogen and oxygen atoms in total. The Morgan fingerprint density at radius 1 is 1.38 bits per heavy atom. The van der Waals surface area contributed by atoms with Gasteiger partial charge in [-0.1, -0.05) is 54.8 Å². The fourth-order valence-corrected chi connectivity index (χ4v) is 2.55. The van der Waals surface area contributed by atoms with Crippen LogP contribution in [-0.4, -0.2) is 9.97 Å². The number of H-pyrrole nitrogens is 1. The van der Waals surface area contributed by atoms with Gasteiger partial charge in [0.2, 0.25) is 0 Å². The lowest BCUT2D eigenvalue weighted by Crippen LogP contribution is -2.18. The second-order valence-electron chi connectivity index (χ2n) is 5.57. The first-order valence-electron chi connectivity index (χ1n) is 7.63. The number of imidazole rings is 1. The van der Waals surface area contributed by atoms with Crippen LogP contribution in [0, 0.1) is 6.92 Å². The van der Waals surface area contributed by atoms with Crippen molar-refractivity contribution in [3.63, 3.8) is 0 Å². The van der Waals surface area contributed by atoms with Crippen LogP contribution in [0.5, 0.6) is 0 Å². The fourth-order valence-electron chi connectivity index (χ4n) is 2.33. The Morgan fingerprint density at radius 2 is 2.19 bits per heavy atom. The number of hydrogen-bond acceptors (Lipinski definition) is 2. The minimum atomic E-state index is 0.281. The zero-order valence-corrected chi connectivity index (χ0v) is 13.8. The highest BCUT2D eigenvalue weighted by atomic mass is 35.5. The topological polar surface area (TPSA) is 40.7 Å². The number of hydrogen-bond donors (Lipinski definition) is 2. The van der Waals surface area contributed by atoms with Crippen LogP contribution in [0.15, 0.2) is 24.3 Å². The van der Waals surface area contributed by atoms with Gasteiger partial charge in [0.05, 0.1) is 5.69 Å². The van der Waals surface area contributed by atoms with E-state index in [1.54, 1.807) is 0 Å². The van der Waals surface area contributed by atoms with Crippen molar-refractivity contribution in [3.8, 4) is 0 Å². The summed E-state index contributed by atoms with van der Waals surface area (Å²) in [6.07, 6.45) is 3.26. The van der Waals surface area contributed by atoms with Crippen molar-refractivity contribution in [2.24, 2.45) is 0 Å². The van der Waals surface area contributed by atoms with Gasteiger partial charge < -0.3 is 10.3 Å². The third-order valence-corrected chi connectivity index (χ3v) is 3.98. The molecule has 1 atom stereocenters. The predicted molar refractivity (Wildman–Crippen MR) is 88.6 cm³/mol. The maximum absolute atomic E-state index is 6.20. The monoisotopic (exact) mass is 305 g/mol. The highest BCUT2D eigenvalue weighted by Crippen LogP contribution is 2.17. The molecule has 0 spiro atoms. The summed E-state index contributed by atoms with van der Waals surface area (Å²) in [5.74, 6) is 0.988. The quantitative estimate of drug-likeness (QED) is 0.787. The van der Waals surface area contributed by atoms with Gasteiger partial charge in [-0.15, -0.1) is 0 Å². The number of nitrogens with zero attached hydrogens (tertiary/aromatic N) is 1. The molecule has 0 saturated heterocycles. The average molecular weight is 306 g/mol. The van der Waals surface area contributed by atoms with Gasteiger partial charge in [-0.25, -0.2) is 4.98 Å². The van der Waals surface area contributed by atoms with Crippen molar-refractivity contribution in [3.05, 3.63) is 52.1 Å². The summed E-state index contributed by atoms with van der Waals surface area (Å²) in [5, 5.41) is 4.08. The third kappa shape index (κ3) is 4.58. The molecule has 0 saturated carbocycles. The number of benzene rings is 1. The lowest BCUT2D eigenvalue weighted by molar-refractivity contribution is 0.568. The lowest BCUT2D eigenvalue weighted by atomic mass is 10.1. The number of aromatic nitrogens is 2. The molecular formula is C17H24ClN3. The Balaban J connectivity index is 1.94. The molecule has 2 aromatic rings. The van der Waals surface area contributed by atoms with Crippen molar-refractivity contribution in [2.45, 2.75) is 52.6 Å². The SMILES string of the molecule is CCCCc1nc(Cl)c(CN[C@@H](C)c2cccc(C)c2)[nH]1. The van der Waals surface area contributed by atoms with E-state index in [0.717, 1.165) is 30.8 Å². The van der Waals surface area contributed by atoms with E-state index in [1.165, 1.54) is 11.1 Å². The standard InChI is InChI=1S/C17H24ClN3/c1-4-5-9-16-20-15(17(18)21-16)11-19-13(3)14-8-6-7-12(2)10-14/h6-8,10,13,19H,4-5,9,11H2,1-3H3,(H,20,21)/t13-/m0/s1. The largest absolute Gasteiger partial charge is 0.344 e. The highest BCUT2D eigenvalue weighted by molar-refractivity contribution is 6.30. The smallest absolute Gasteiger partial charge is 0.151 e. The van der Waals surface area contributed by atoms with Crippen LogP contribution >= 0.6 is 11.6 Å². The molecule has 0 fully saturated rings. The van der Waals surface area contributed by atoms with Crippen LogP contribution in [0.2, 0.25) is 5.15 Å². The summed E-state index contributed by atoms with van der Waals surface area (Å²) in [6, 6.07) is 8.84. The zero-order valence-electron chi connectivity index (χ0n) is 13.0. The number of rotatable bonds is 7. The molecule has 1 heterocycles. The second kappa shape index (κ2) is 7.62. The molecule has 1 aromatic heterocycles. The highest BCUT2D eigenvalue weighted by Gasteiger charge is 2.10. The van der Waals surface area contributed by atoms with Crippen LogP contribution in [0.1, 0.15) is 55.4 Å². The van der Waals surface area contributed by atoms with Gasteiger partial charge in [0.25, 0.3) is 0 Å². The molecule has 0 amide bonds. The van der Waals surface area contributed by atoms with Crippen LogP contribution < -0.4 is 5.32 Å². The van der Waals surface area contributed by atoms with Gasteiger partial charge in [0, 0.05) is 19.0 Å². The summed E-state index contributed by atoms with van der Waals surface area (Å²) in [6.45, 7) is 7.16. The van der Waals surface area contributed by atoms with Crippen molar-refractivity contribution in [1.82, 2.24) is 15.3 Å². The van der Waals surface area contributed by atoms with Crippen LogP contribution in [0.25, 0.3) is 0 Å². The molecule has 114 valence electrons. The summed E-state index contributed by atoms with van der Waals surface area (Å²) in [4.78, 5) is 7.71. The Morgan fingerprint density at radius 3 is 2.90 bits per heavy atom. The maximum atomic E-state index is 6.20. The van der Waals surface area contributed by atoms with E-state index < -0.39 is 0 Å². The molecule has 0 aliphatic carbocycles. The summed E-state index contributed by atoms with van der Waals surface area (Å²) < 4.78 is 0. The molecule has 0 unspecified atom stereocenters. The molecule has 2 N–H and O–H groups in total. The van der Waals surface area contributed by atoms with E-state index in [-0.39, 0.29) is 6.04 Å². The van der Waals surface area contributed by atoms with Gasteiger partial charge in [-0.05, 0) is 25.8 Å². The summed E-state index contributed by atoms with van der Waals surface area (Å²) in [5.41, 5.74) is 3.54. The van der Waals surface area contributed by atoms with E-state index in [0.29, 0.717) is 11.7 Å². The number of unbranched alkanes of at least 4 members (excludes halogenated alkanes) is 1. The molecule has 0 bridgehead atoms. The van der Waals surface area contributed by atoms with E-state index in [4.69, 9.17) is 11.6 Å². The Hall–Kier alpha value is -1.32. The van der Waals surface area contributed by atoms with Crippen LogP contribution in [0.3, 0.4) is 0 Å². The molecule has 1 aromatic carbocycles. The fraction of sp³-hybridized carbons (Fsp3) is 0.471. The first kappa shape index (κ1) is 16.1. The Bertz CT molecular complexity index is 577. The van der Waals surface area contributed by atoms with Gasteiger partial charge in [0.1, 0.15) is 5.82 Å². The van der Waals surface area contributed by atoms with Gasteiger partial charge in [0.15, 0.2) is 5.15 Å². The normalized spacial score (nSPS) is 12.6. The molecule has 0 aliphatic rings. The number of halogens is 1. The molecule has 0 aliphatic heterocycles. The lowest BCUT2D eigenvalue weighted by Gasteiger charge is -2.14. The Labute approximate surface area is 132 Å². The predicted octanol–water partition coefficient (Wildman–Crippen LogP) is 4.56. The van der Waals surface area contributed by atoms with Crippen molar-refractivity contribution >= 4 is 11.6 Å². The van der Waals surface area contributed by atoms with Gasteiger partial charge in [-0.3, -0.25) is 0 Å². The van der Waals surface area contributed by atoms with E-state index in [1.807, 2.05) is 0 Å². The van der Waals surface area contributed by atoms with Crippen molar-refractivity contribution in [1.29, 1.82) is 0 Å². The van der Waals surface area contributed by atoms with Gasteiger partial charge >= 0.3 is 0 Å². The Kier molecular flexibility index (Phi) is 5.83. The first-order valence-corrected chi connectivity index (χ1v) is 8.01. The molecule has 0 radical (unpaired) electrons. The second-order valence-corrected chi connectivity index (χ2v) is 5.93. The van der Waals surface area contributed by atoms with E-state index >= 15 is 0 Å². The number of aryl methyl sites for hydroxylation is 2. The first-order chi connectivity index (χ1) is 10.1. The van der Waals surface area contributed by atoms with E-state index in [2.05, 4.69) is 60.3 Å². The minimum Gasteiger partial charge on any atom is -0.344 e. The average Bonchev–Trinajstić information content (AvgIpc) is 2.83. The third-order valence-electron chi connectivity index (χ3n) is 3.67. The van der Waals surface area contributed by atoms with Gasteiger partial charge in [-0.2, -0.15) is 0 Å². The van der Waals surface area contributed by atoms with Crippen molar-refractivity contribution in [2.75, 3.05) is 0 Å². The summed E-state index contributed by atoms with van der Waals surface area (Å²) >= 11 is 6.20. The molecule has 21 heavy (non-hydrogen) atoms. The number of nitrogens with one attached hydrogen (secondary N) is 2. The van der Waals surface area contributed by atoms with Crippen LogP contribution in [-0.2, 0) is 13.0 Å². The van der Waals surface area contributed by atoms with E-state index in [9.17, 15) is 0 Å². The molecule has 4 heteroatoms. The van der Waals surface area contributed by atoms with Crippen LogP contribution in [0.4, 0.5) is 0 Å². The minimum absolute atomic E-state index is 0.281. The number of aromatic amines is 1. The molecular weight excluding hydrogens is 282 g/mol.